The van der Waals surface area contributed by atoms with Crippen LogP contribution in [-0.4, -0.2) is 21.5 Å². The van der Waals surface area contributed by atoms with Crippen LogP contribution < -0.4 is 20.4 Å². The van der Waals surface area contributed by atoms with Gasteiger partial charge in [-0.1, -0.05) is 0 Å². The molecule has 0 aliphatic carbocycles. The smallest absolute Gasteiger partial charge is 0.204 e. The zero-order valence-corrected chi connectivity index (χ0v) is 11.6. The van der Waals surface area contributed by atoms with E-state index in [4.69, 9.17) is 0 Å². The summed E-state index contributed by atoms with van der Waals surface area (Å²) < 4.78 is 77.5. The van der Waals surface area contributed by atoms with Gasteiger partial charge < -0.3 is 9.47 Å². The van der Waals surface area contributed by atoms with Crippen molar-refractivity contribution >= 4 is 18.2 Å². The van der Waals surface area contributed by atoms with Crippen LogP contribution in [0.3, 0.4) is 0 Å². The maximum atomic E-state index is 14.0. The highest BCUT2D eigenvalue weighted by Crippen LogP contribution is 2.19. The van der Waals surface area contributed by atoms with Crippen LogP contribution in [0.1, 0.15) is 0 Å². The molecule has 2 aromatic rings. The zero-order valence-electron chi connectivity index (χ0n) is 11.6. The fraction of sp³-hybridized carbons (Fsp3) is 0.143. The van der Waals surface area contributed by atoms with Crippen molar-refractivity contribution in [2.45, 2.75) is 0 Å². The first-order valence-electron chi connectivity index (χ1n) is 6.11. The van der Waals surface area contributed by atoms with Crippen molar-refractivity contribution < 1.29 is 31.4 Å². The van der Waals surface area contributed by atoms with Crippen molar-refractivity contribution in [2.24, 2.45) is 0 Å². The fourth-order valence-corrected chi connectivity index (χ4v) is 1.99. The highest BCUT2D eigenvalue weighted by molar-refractivity contribution is 6.67. The first-order valence-corrected chi connectivity index (χ1v) is 6.11. The van der Waals surface area contributed by atoms with Crippen molar-refractivity contribution in [1.29, 1.82) is 0 Å². The lowest BCUT2D eigenvalue weighted by molar-refractivity contribution is 0.379. The van der Waals surface area contributed by atoms with E-state index in [-0.39, 0.29) is 11.2 Å². The Balaban J connectivity index is 2.54. The van der Waals surface area contributed by atoms with Crippen LogP contribution in [0.15, 0.2) is 18.2 Å². The van der Waals surface area contributed by atoms with Crippen molar-refractivity contribution in [3.8, 4) is 11.5 Å². The lowest BCUT2D eigenvalue weighted by Crippen LogP contribution is -2.35. The Morgan fingerprint density at radius 1 is 0.727 bits per heavy atom. The minimum absolute atomic E-state index is 0.247. The zero-order chi connectivity index (χ0) is 16.4. The second-order valence-electron chi connectivity index (χ2n) is 4.42. The van der Waals surface area contributed by atoms with Crippen LogP contribution in [0.5, 0.6) is 11.5 Å². The van der Waals surface area contributed by atoms with Crippen LogP contribution in [0.4, 0.5) is 22.0 Å². The molecule has 2 rings (SSSR count). The Hall–Kier alpha value is -2.25. The number of halogens is 5. The molecule has 0 bridgehead atoms. The molecule has 0 heterocycles. The van der Waals surface area contributed by atoms with Crippen molar-refractivity contribution in [2.75, 3.05) is 14.2 Å². The number of ether oxygens (including phenoxy) is 2. The van der Waals surface area contributed by atoms with Gasteiger partial charge in [-0.05, 0) is 17.0 Å². The summed E-state index contributed by atoms with van der Waals surface area (Å²) in [4.78, 5) is 0. The third kappa shape index (κ3) is 2.86. The summed E-state index contributed by atoms with van der Waals surface area (Å²) in [6, 6.07) is 2.04. The average molecular weight is 316 g/mol. The molecular formula is C14H10BF5O2. The van der Waals surface area contributed by atoms with Gasteiger partial charge in [0.25, 0.3) is 0 Å². The summed E-state index contributed by atoms with van der Waals surface area (Å²) in [6.07, 6.45) is 0. The van der Waals surface area contributed by atoms with Gasteiger partial charge in [-0.25, -0.2) is 22.0 Å². The number of benzene rings is 2. The third-order valence-electron chi connectivity index (χ3n) is 3.12. The Morgan fingerprint density at radius 3 is 1.95 bits per heavy atom. The van der Waals surface area contributed by atoms with Crippen LogP contribution in [0.2, 0.25) is 0 Å². The standard InChI is InChI=1S/C14H10BF5O2/c1-21-10-3-6(7(16)4-8(10)17)15-12-13(19)9(18)5-11(22-2)14(12)20/h3-5,15H,1-2H3. The molecule has 0 amide bonds. The molecule has 0 fully saturated rings. The molecule has 0 spiro atoms. The highest BCUT2D eigenvalue weighted by Gasteiger charge is 2.22. The van der Waals surface area contributed by atoms with Gasteiger partial charge in [0.05, 0.1) is 14.2 Å². The van der Waals surface area contributed by atoms with E-state index in [9.17, 15) is 22.0 Å². The minimum Gasteiger partial charge on any atom is -0.494 e. The minimum atomic E-state index is -1.46. The second-order valence-corrected chi connectivity index (χ2v) is 4.42. The molecule has 0 saturated heterocycles. The second kappa shape index (κ2) is 6.25. The van der Waals surface area contributed by atoms with Gasteiger partial charge >= 0.3 is 0 Å². The first-order chi connectivity index (χ1) is 10.4. The summed E-state index contributed by atoms with van der Waals surface area (Å²) in [5.74, 6) is -6.72. The predicted molar refractivity (Wildman–Crippen MR) is 72.2 cm³/mol. The third-order valence-corrected chi connectivity index (χ3v) is 3.12. The molecule has 0 saturated carbocycles. The van der Waals surface area contributed by atoms with E-state index in [1.165, 1.54) is 0 Å². The molecule has 116 valence electrons. The molecule has 0 aliphatic heterocycles. The topological polar surface area (TPSA) is 18.5 Å². The Kier molecular flexibility index (Phi) is 4.58. The molecule has 22 heavy (non-hydrogen) atoms. The number of rotatable bonds is 4. The molecule has 0 aromatic heterocycles. The molecule has 0 unspecified atom stereocenters. The van der Waals surface area contributed by atoms with Crippen LogP contribution in [0.25, 0.3) is 0 Å². The van der Waals surface area contributed by atoms with Gasteiger partial charge in [0.2, 0.25) is 7.28 Å². The van der Waals surface area contributed by atoms with Crippen LogP contribution >= 0.6 is 0 Å². The van der Waals surface area contributed by atoms with Gasteiger partial charge in [0.1, 0.15) is 5.82 Å². The van der Waals surface area contributed by atoms with Gasteiger partial charge in [0, 0.05) is 12.1 Å². The highest BCUT2D eigenvalue weighted by atomic mass is 19.2. The van der Waals surface area contributed by atoms with Crippen molar-refractivity contribution in [3.05, 3.63) is 47.3 Å². The monoisotopic (exact) mass is 316 g/mol. The summed E-state index contributed by atoms with van der Waals surface area (Å²) in [7, 11) is 1.61. The summed E-state index contributed by atoms with van der Waals surface area (Å²) >= 11 is 0. The Bertz CT molecular complexity index is 721. The largest absolute Gasteiger partial charge is 0.494 e. The van der Waals surface area contributed by atoms with E-state index in [1.807, 2.05) is 0 Å². The molecule has 8 heteroatoms. The van der Waals surface area contributed by atoms with Gasteiger partial charge in [-0.3, -0.25) is 0 Å². The van der Waals surface area contributed by atoms with E-state index in [0.29, 0.717) is 12.1 Å². The lowest BCUT2D eigenvalue weighted by Gasteiger charge is -2.11. The quantitative estimate of drug-likeness (QED) is 0.486. The number of methoxy groups -OCH3 is 2. The van der Waals surface area contributed by atoms with Crippen molar-refractivity contribution in [3.63, 3.8) is 0 Å². The Labute approximate surface area is 123 Å². The predicted octanol–water partition coefficient (Wildman–Crippen LogP) is 1.79. The maximum Gasteiger partial charge on any atom is 0.204 e. The van der Waals surface area contributed by atoms with Crippen LogP contribution in [0, 0.1) is 29.1 Å². The van der Waals surface area contributed by atoms with E-state index in [0.717, 1.165) is 20.3 Å². The number of hydrogen-bond donors (Lipinski definition) is 0. The molecule has 0 atom stereocenters. The first kappa shape index (κ1) is 16.1. The average Bonchev–Trinajstić information content (AvgIpc) is 2.49. The normalized spacial score (nSPS) is 10.5. The van der Waals surface area contributed by atoms with Crippen LogP contribution in [-0.2, 0) is 0 Å². The fourth-order valence-electron chi connectivity index (χ4n) is 1.99. The summed E-state index contributed by atoms with van der Waals surface area (Å²) in [5.41, 5.74) is -0.965. The maximum absolute atomic E-state index is 14.0. The molecule has 2 aromatic carbocycles. The van der Waals surface area contributed by atoms with E-state index in [1.54, 1.807) is 0 Å². The molecule has 0 N–H and O–H groups in total. The Morgan fingerprint density at radius 2 is 1.36 bits per heavy atom. The molecule has 2 nitrogen and oxygen atoms in total. The van der Waals surface area contributed by atoms with Gasteiger partial charge in [-0.2, -0.15) is 0 Å². The van der Waals surface area contributed by atoms with E-state index in [2.05, 4.69) is 9.47 Å². The SMILES string of the molecule is COc1cc(Bc2c(F)c(F)cc(OC)c2F)c(F)cc1F. The molecular weight excluding hydrogens is 306 g/mol. The van der Waals surface area contributed by atoms with Gasteiger partial charge in [-0.15, -0.1) is 0 Å². The van der Waals surface area contributed by atoms with E-state index >= 15 is 0 Å². The molecule has 0 radical (unpaired) electrons. The lowest BCUT2D eigenvalue weighted by atomic mass is 9.63. The van der Waals surface area contributed by atoms with E-state index < -0.39 is 47.6 Å². The summed E-state index contributed by atoms with van der Waals surface area (Å²) in [5, 5.41) is 0. The summed E-state index contributed by atoms with van der Waals surface area (Å²) in [6.45, 7) is 0. The van der Waals surface area contributed by atoms with Gasteiger partial charge in [0.15, 0.2) is 34.8 Å². The number of hydrogen-bond acceptors (Lipinski definition) is 2. The molecule has 0 aliphatic rings. The van der Waals surface area contributed by atoms with Crippen molar-refractivity contribution in [1.82, 2.24) is 0 Å².